The Morgan fingerprint density at radius 2 is 2.21 bits per heavy atom. The molecule has 7 nitrogen and oxygen atoms in total. The number of carbonyl (C=O) groups excluding carboxylic acids is 2. The van der Waals surface area contributed by atoms with Crippen LogP contribution < -0.4 is 5.32 Å². The van der Waals surface area contributed by atoms with E-state index in [4.69, 9.17) is 4.52 Å². The highest BCUT2D eigenvalue weighted by molar-refractivity contribution is 5.93. The van der Waals surface area contributed by atoms with E-state index < -0.39 is 5.54 Å². The van der Waals surface area contributed by atoms with Crippen molar-refractivity contribution >= 4 is 11.8 Å². The minimum absolute atomic E-state index is 0.109. The molecular weight excluding hydrogens is 248 g/mol. The first kappa shape index (κ1) is 13.5. The molecular formula is C12H18N4O3. The summed E-state index contributed by atoms with van der Waals surface area (Å²) in [5.74, 6) is 0.696. The minimum Gasteiger partial charge on any atom is -0.342 e. The first-order valence-electron chi connectivity index (χ1n) is 6.34. The van der Waals surface area contributed by atoms with Gasteiger partial charge >= 0.3 is 0 Å². The normalized spacial score (nSPS) is 24.3. The van der Waals surface area contributed by atoms with Crippen molar-refractivity contribution in [3.63, 3.8) is 0 Å². The van der Waals surface area contributed by atoms with E-state index in [0.717, 1.165) is 0 Å². The van der Waals surface area contributed by atoms with Gasteiger partial charge in [-0.3, -0.25) is 9.59 Å². The van der Waals surface area contributed by atoms with Crippen molar-refractivity contribution < 1.29 is 14.1 Å². The van der Waals surface area contributed by atoms with Gasteiger partial charge in [0.2, 0.25) is 17.7 Å². The van der Waals surface area contributed by atoms with Gasteiger partial charge in [-0.2, -0.15) is 4.98 Å². The van der Waals surface area contributed by atoms with Crippen molar-refractivity contribution in [2.75, 3.05) is 6.54 Å². The summed E-state index contributed by atoms with van der Waals surface area (Å²) in [6, 6.07) is 0. The molecule has 1 N–H and O–H groups in total. The maximum Gasteiger partial charge on any atom is 0.248 e. The number of rotatable bonds is 3. The van der Waals surface area contributed by atoms with Gasteiger partial charge in [-0.05, 0) is 20.3 Å². The molecule has 0 aromatic carbocycles. The summed E-state index contributed by atoms with van der Waals surface area (Å²) in [6.45, 7) is 5.94. The van der Waals surface area contributed by atoms with Crippen LogP contribution in [-0.2, 0) is 16.1 Å². The van der Waals surface area contributed by atoms with Crippen molar-refractivity contribution in [3.05, 3.63) is 11.7 Å². The number of hydrogen-bond donors (Lipinski definition) is 1. The van der Waals surface area contributed by atoms with E-state index in [1.54, 1.807) is 18.7 Å². The van der Waals surface area contributed by atoms with Gasteiger partial charge in [0.25, 0.3) is 0 Å². The first-order chi connectivity index (χ1) is 8.94. The van der Waals surface area contributed by atoms with Crippen LogP contribution in [0.5, 0.6) is 0 Å². The van der Waals surface area contributed by atoms with Crippen LogP contribution in [0.1, 0.15) is 38.4 Å². The van der Waals surface area contributed by atoms with E-state index in [1.807, 2.05) is 6.92 Å². The van der Waals surface area contributed by atoms with Crippen LogP contribution in [0.3, 0.4) is 0 Å². The molecule has 1 unspecified atom stereocenters. The van der Waals surface area contributed by atoms with E-state index in [1.165, 1.54) is 0 Å². The van der Waals surface area contributed by atoms with E-state index in [0.29, 0.717) is 24.7 Å². The topological polar surface area (TPSA) is 88.3 Å². The Kier molecular flexibility index (Phi) is 3.55. The Bertz CT molecular complexity index is 499. The van der Waals surface area contributed by atoms with E-state index in [2.05, 4.69) is 15.5 Å². The molecule has 0 saturated carbocycles. The zero-order chi connectivity index (χ0) is 14.0. The summed E-state index contributed by atoms with van der Waals surface area (Å²) in [6.07, 6.45) is 0.825. The predicted molar refractivity (Wildman–Crippen MR) is 65.9 cm³/mol. The maximum absolute atomic E-state index is 12.5. The molecule has 1 aliphatic rings. The largest absolute Gasteiger partial charge is 0.342 e. The standard InChI is InChI=1S/C12H18N4O3/c1-4-12(3)11(18)16(6-5-9(17)14-12)7-10-13-8(2)15-19-10/h4-7H2,1-3H3,(H,14,17). The van der Waals surface area contributed by atoms with Gasteiger partial charge in [0, 0.05) is 13.0 Å². The van der Waals surface area contributed by atoms with Gasteiger partial charge in [-0.15, -0.1) is 0 Å². The van der Waals surface area contributed by atoms with Crippen LogP contribution >= 0.6 is 0 Å². The molecule has 0 radical (unpaired) electrons. The van der Waals surface area contributed by atoms with E-state index in [9.17, 15) is 9.59 Å². The lowest BCUT2D eigenvalue weighted by atomic mass is 9.97. The average Bonchev–Trinajstić information content (AvgIpc) is 2.74. The lowest BCUT2D eigenvalue weighted by molar-refractivity contribution is -0.139. The fourth-order valence-corrected chi connectivity index (χ4v) is 2.07. The van der Waals surface area contributed by atoms with E-state index >= 15 is 0 Å². The highest BCUT2D eigenvalue weighted by Crippen LogP contribution is 2.19. The van der Waals surface area contributed by atoms with Crippen LogP contribution in [0.15, 0.2) is 4.52 Å². The number of nitrogens with zero attached hydrogens (tertiary/aromatic N) is 3. The maximum atomic E-state index is 12.5. The van der Waals surface area contributed by atoms with Crippen molar-refractivity contribution in [2.24, 2.45) is 0 Å². The molecule has 0 aliphatic carbocycles. The molecule has 2 rings (SSSR count). The molecule has 2 heterocycles. The molecule has 0 spiro atoms. The van der Waals surface area contributed by atoms with Gasteiger partial charge in [0.05, 0.1) is 0 Å². The summed E-state index contributed by atoms with van der Waals surface area (Å²) >= 11 is 0. The second kappa shape index (κ2) is 4.99. The smallest absolute Gasteiger partial charge is 0.248 e. The molecule has 19 heavy (non-hydrogen) atoms. The highest BCUT2D eigenvalue weighted by atomic mass is 16.5. The Morgan fingerprint density at radius 1 is 1.47 bits per heavy atom. The van der Waals surface area contributed by atoms with Gasteiger partial charge in [-0.25, -0.2) is 0 Å². The summed E-state index contributed by atoms with van der Waals surface area (Å²) in [4.78, 5) is 29.8. The number of nitrogens with one attached hydrogen (secondary N) is 1. The molecule has 1 saturated heterocycles. The van der Waals surface area contributed by atoms with Crippen LogP contribution in [-0.4, -0.2) is 38.9 Å². The second-order valence-electron chi connectivity index (χ2n) is 4.95. The minimum atomic E-state index is -0.858. The van der Waals surface area contributed by atoms with Crippen molar-refractivity contribution in [1.29, 1.82) is 0 Å². The predicted octanol–water partition coefficient (Wildman–Crippen LogP) is 0.395. The molecule has 1 aromatic rings. The molecule has 104 valence electrons. The third-order valence-corrected chi connectivity index (χ3v) is 3.39. The number of aromatic nitrogens is 2. The second-order valence-corrected chi connectivity index (χ2v) is 4.95. The average molecular weight is 266 g/mol. The van der Waals surface area contributed by atoms with Crippen LogP contribution in [0, 0.1) is 6.92 Å². The number of amides is 2. The number of hydrogen-bond acceptors (Lipinski definition) is 5. The quantitative estimate of drug-likeness (QED) is 0.855. The molecule has 1 atom stereocenters. The van der Waals surface area contributed by atoms with E-state index in [-0.39, 0.29) is 24.8 Å². The van der Waals surface area contributed by atoms with Crippen LogP contribution in [0.25, 0.3) is 0 Å². The molecule has 1 aliphatic heterocycles. The summed E-state index contributed by atoms with van der Waals surface area (Å²) in [5.41, 5.74) is -0.858. The Morgan fingerprint density at radius 3 is 2.79 bits per heavy atom. The molecule has 1 fully saturated rings. The zero-order valence-electron chi connectivity index (χ0n) is 11.4. The number of carbonyl (C=O) groups is 2. The third-order valence-electron chi connectivity index (χ3n) is 3.39. The van der Waals surface area contributed by atoms with Crippen molar-refractivity contribution in [3.8, 4) is 0 Å². The fourth-order valence-electron chi connectivity index (χ4n) is 2.07. The summed E-state index contributed by atoms with van der Waals surface area (Å²) in [5, 5.41) is 6.47. The molecule has 0 bridgehead atoms. The lowest BCUT2D eigenvalue weighted by Crippen LogP contribution is -2.54. The van der Waals surface area contributed by atoms with Gasteiger partial charge in [0.15, 0.2) is 5.82 Å². The zero-order valence-corrected chi connectivity index (χ0v) is 11.4. The van der Waals surface area contributed by atoms with Gasteiger partial charge < -0.3 is 14.7 Å². The Labute approximate surface area is 111 Å². The monoisotopic (exact) mass is 266 g/mol. The van der Waals surface area contributed by atoms with Crippen LogP contribution in [0.2, 0.25) is 0 Å². The third kappa shape index (κ3) is 2.74. The first-order valence-corrected chi connectivity index (χ1v) is 6.34. The lowest BCUT2D eigenvalue weighted by Gasteiger charge is -2.30. The molecule has 7 heteroatoms. The van der Waals surface area contributed by atoms with Gasteiger partial charge in [-0.1, -0.05) is 12.1 Å². The number of aryl methyl sites for hydroxylation is 1. The Hall–Kier alpha value is -1.92. The molecule has 1 aromatic heterocycles. The van der Waals surface area contributed by atoms with Crippen molar-refractivity contribution in [1.82, 2.24) is 20.4 Å². The SMILES string of the molecule is CCC1(C)NC(=O)CCN(Cc2nc(C)no2)C1=O. The summed E-state index contributed by atoms with van der Waals surface area (Å²) < 4.78 is 5.02. The highest BCUT2D eigenvalue weighted by Gasteiger charge is 2.39. The van der Waals surface area contributed by atoms with Crippen LogP contribution in [0.4, 0.5) is 0 Å². The fraction of sp³-hybridized carbons (Fsp3) is 0.667. The van der Waals surface area contributed by atoms with Gasteiger partial charge in [0.1, 0.15) is 12.1 Å². The Balaban J connectivity index is 2.19. The van der Waals surface area contributed by atoms with Crippen molar-refractivity contribution in [2.45, 2.75) is 45.7 Å². The summed E-state index contributed by atoms with van der Waals surface area (Å²) in [7, 11) is 0. The molecule has 2 amide bonds.